The summed E-state index contributed by atoms with van der Waals surface area (Å²) in [7, 11) is 0. The minimum Gasteiger partial charge on any atom is -0.353 e. The molecule has 2 N–H and O–H groups in total. The van der Waals surface area contributed by atoms with E-state index in [1.165, 1.54) is 6.07 Å². The van der Waals surface area contributed by atoms with Crippen LogP contribution in [-0.4, -0.2) is 29.4 Å². The first-order valence-corrected chi connectivity index (χ1v) is 10.7. The molecule has 30 heavy (non-hydrogen) atoms. The highest BCUT2D eigenvalue weighted by Crippen LogP contribution is 2.35. The molecule has 0 bridgehead atoms. The van der Waals surface area contributed by atoms with Crippen LogP contribution in [0.5, 0.6) is 0 Å². The van der Waals surface area contributed by atoms with E-state index in [0.29, 0.717) is 37.5 Å². The largest absolute Gasteiger partial charge is 0.353 e. The Labute approximate surface area is 176 Å². The van der Waals surface area contributed by atoms with Crippen molar-refractivity contribution >= 4 is 11.9 Å². The number of carbonyl (C=O) groups is 2. The number of nitrogens with one attached hydrogen (secondary N) is 2. The zero-order chi connectivity index (χ0) is 21.1. The number of nitrogens with zero attached hydrogens (tertiary/aromatic N) is 1. The van der Waals surface area contributed by atoms with Gasteiger partial charge in [0, 0.05) is 19.1 Å². The van der Waals surface area contributed by atoms with E-state index in [1.807, 2.05) is 36.4 Å². The monoisotopic (exact) mass is 409 g/mol. The molecule has 1 saturated heterocycles. The van der Waals surface area contributed by atoms with Crippen molar-refractivity contribution in [2.24, 2.45) is 5.92 Å². The number of amides is 3. The number of urea groups is 1. The molecule has 2 aromatic rings. The first-order valence-electron chi connectivity index (χ1n) is 10.7. The zero-order valence-electron chi connectivity index (χ0n) is 17.2. The predicted molar refractivity (Wildman–Crippen MR) is 113 cm³/mol. The van der Waals surface area contributed by atoms with Gasteiger partial charge in [-0.1, -0.05) is 42.5 Å². The molecular formula is C24H28FN3O2. The number of aryl methyl sites for hydroxylation is 1. The minimum atomic E-state index is -0.253. The highest BCUT2D eigenvalue weighted by molar-refractivity contribution is 5.81. The summed E-state index contributed by atoms with van der Waals surface area (Å²) in [6.07, 6.45) is 3.46. The van der Waals surface area contributed by atoms with Crippen molar-refractivity contribution in [1.29, 1.82) is 0 Å². The fourth-order valence-corrected chi connectivity index (χ4v) is 4.05. The smallest absolute Gasteiger partial charge is 0.318 e. The first-order chi connectivity index (χ1) is 14.5. The lowest BCUT2D eigenvalue weighted by Gasteiger charge is -2.39. The lowest BCUT2D eigenvalue weighted by Crippen LogP contribution is -2.50. The SMILES string of the molecule is Cc1cc(C2CCC(C(=O)NC3CC3)CN2C(=O)NCc2ccccc2)ccc1F. The number of likely N-dealkylation sites (tertiary alicyclic amines) is 1. The fraction of sp³-hybridized carbons (Fsp3) is 0.417. The zero-order valence-corrected chi connectivity index (χ0v) is 17.2. The summed E-state index contributed by atoms with van der Waals surface area (Å²) in [6, 6.07) is 14.7. The van der Waals surface area contributed by atoms with Crippen molar-refractivity contribution in [3.8, 4) is 0 Å². The van der Waals surface area contributed by atoms with Crippen molar-refractivity contribution in [2.45, 2.75) is 51.2 Å². The van der Waals surface area contributed by atoms with Crippen LogP contribution < -0.4 is 10.6 Å². The van der Waals surface area contributed by atoms with Gasteiger partial charge in [-0.2, -0.15) is 0 Å². The van der Waals surface area contributed by atoms with E-state index in [0.717, 1.165) is 24.0 Å². The van der Waals surface area contributed by atoms with Crippen LogP contribution in [0.2, 0.25) is 0 Å². The van der Waals surface area contributed by atoms with Crippen molar-refractivity contribution in [1.82, 2.24) is 15.5 Å². The molecule has 0 aromatic heterocycles. The Balaban J connectivity index is 1.51. The number of piperidine rings is 1. The average Bonchev–Trinajstić information content (AvgIpc) is 3.58. The summed E-state index contributed by atoms with van der Waals surface area (Å²) in [5.41, 5.74) is 2.48. The van der Waals surface area contributed by atoms with Gasteiger partial charge in [-0.25, -0.2) is 9.18 Å². The van der Waals surface area contributed by atoms with Gasteiger partial charge in [-0.3, -0.25) is 4.79 Å². The lowest BCUT2D eigenvalue weighted by molar-refractivity contribution is -0.126. The predicted octanol–water partition coefficient (Wildman–Crippen LogP) is 4.08. The number of hydrogen-bond acceptors (Lipinski definition) is 2. The summed E-state index contributed by atoms with van der Waals surface area (Å²) in [5, 5.41) is 6.05. The summed E-state index contributed by atoms with van der Waals surface area (Å²) >= 11 is 0. The Morgan fingerprint density at radius 2 is 1.83 bits per heavy atom. The molecule has 2 aromatic carbocycles. The normalized spacial score (nSPS) is 21.2. The van der Waals surface area contributed by atoms with Crippen LogP contribution in [0.3, 0.4) is 0 Å². The molecule has 6 heteroatoms. The molecule has 5 nitrogen and oxygen atoms in total. The van der Waals surface area contributed by atoms with Crippen molar-refractivity contribution in [3.63, 3.8) is 0 Å². The van der Waals surface area contributed by atoms with E-state index in [-0.39, 0.29) is 29.7 Å². The summed E-state index contributed by atoms with van der Waals surface area (Å²) in [6.45, 7) is 2.51. The van der Waals surface area contributed by atoms with Crippen LogP contribution in [-0.2, 0) is 11.3 Å². The van der Waals surface area contributed by atoms with Gasteiger partial charge in [0.1, 0.15) is 5.82 Å². The van der Waals surface area contributed by atoms with Crippen LogP contribution in [0.4, 0.5) is 9.18 Å². The van der Waals surface area contributed by atoms with Crippen LogP contribution in [0.25, 0.3) is 0 Å². The molecule has 1 saturated carbocycles. The number of hydrogen-bond donors (Lipinski definition) is 2. The molecule has 158 valence electrons. The molecule has 2 unspecified atom stereocenters. The molecule has 1 heterocycles. The average molecular weight is 410 g/mol. The van der Waals surface area contributed by atoms with Gasteiger partial charge in [0.15, 0.2) is 0 Å². The lowest BCUT2D eigenvalue weighted by atomic mass is 9.88. The Hall–Kier alpha value is -2.89. The second-order valence-corrected chi connectivity index (χ2v) is 8.38. The van der Waals surface area contributed by atoms with Gasteiger partial charge in [0.25, 0.3) is 0 Å². The van der Waals surface area contributed by atoms with Gasteiger partial charge in [0.05, 0.1) is 12.0 Å². The molecule has 0 radical (unpaired) electrons. The maximum absolute atomic E-state index is 13.8. The highest BCUT2D eigenvalue weighted by Gasteiger charge is 2.37. The third-order valence-corrected chi connectivity index (χ3v) is 5.99. The maximum atomic E-state index is 13.8. The molecule has 0 spiro atoms. The Kier molecular flexibility index (Phi) is 6.02. The molecule has 4 rings (SSSR count). The number of benzene rings is 2. The fourth-order valence-electron chi connectivity index (χ4n) is 4.05. The summed E-state index contributed by atoms with van der Waals surface area (Å²) < 4.78 is 13.8. The second-order valence-electron chi connectivity index (χ2n) is 8.38. The summed E-state index contributed by atoms with van der Waals surface area (Å²) in [5.74, 6) is -0.436. The number of halogens is 1. The van der Waals surface area contributed by atoms with Crippen molar-refractivity contribution < 1.29 is 14.0 Å². The van der Waals surface area contributed by atoms with Crippen LogP contribution in [0, 0.1) is 18.7 Å². The van der Waals surface area contributed by atoms with Crippen molar-refractivity contribution in [3.05, 3.63) is 71.0 Å². The van der Waals surface area contributed by atoms with E-state index >= 15 is 0 Å². The van der Waals surface area contributed by atoms with E-state index in [9.17, 15) is 14.0 Å². The Bertz CT molecular complexity index is 914. The number of carbonyl (C=O) groups excluding carboxylic acids is 2. The first kappa shape index (κ1) is 20.4. The van der Waals surface area contributed by atoms with E-state index in [2.05, 4.69) is 10.6 Å². The molecule has 3 amide bonds. The highest BCUT2D eigenvalue weighted by atomic mass is 19.1. The quantitative estimate of drug-likeness (QED) is 0.782. The second kappa shape index (κ2) is 8.86. The standard InChI is InChI=1S/C24H28FN3O2/c1-16-13-18(7-11-21(16)25)22-12-8-19(23(29)27-20-9-10-20)15-28(22)24(30)26-14-17-5-3-2-4-6-17/h2-7,11,13,19-20,22H,8-10,12,14-15H2,1H3,(H,26,30)(H,27,29). The Morgan fingerprint density at radius 3 is 2.53 bits per heavy atom. The minimum absolute atomic E-state index is 0.0343. The van der Waals surface area contributed by atoms with E-state index in [4.69, 9.17) is 0 Å². The van der Waals surface area contributed by atoms with Crippen LogP contribution in [0.15, 0.2) is 48.5 Å². The van der Waals surface area contributed by atoms with E-state index in [1.54, 1.807) is 17.9 Å². The molecule has 1 aliphatic heterocycles. The van der Waals surface area contributed by atoms with Gasteiger partial charge < -0.3 is 15.5 Å². The molecular weight excluding hydrogens is 381 g/mol. The van der Waals surface area contributed by atoms with Gasteiger partial charge in [0.2, 0.25) is 5.91 Å². The molecule has 2 fully saturated rings. The third-order valence-electron chi connectivity index (χ3n) is 5.99. The van der Waals surface area contributed by atoms with Gasteiger partial charge >= 0.3 is 6.03 Å². The van der Waals surface area contributed by atoms with Crippen molar-refractivity contribution in [2.75, 3.05) is 6.54 Å². The molecule has 2 atom stereocenters. The third kappa shape index (κ3) is 4.81. The summed E-state index contributed by atoms with van der Waals surface area (Å²) in [4.78, 5) is 27.5. The van der Waals surface area contributed by atoms with Crippen LogP contribution in [0.1, 0.15) is 48.4 Å². The topological polar surface area (TPSA) is 61.4 Å². The van der Waals surface area contributed by atoms with Gasteiger partial charge in [-0.05, 0) is 55.4 Å². The van der Waals surface area contributed by atoms with Crippen LogP contribution >= 0.6 is 0 Å². The Morgan fingerprint density at radius 1 is 1.07 bits per heavy atom. The van der Waals surface area contributed by atoms with E-state index < -0.39 is 0 Å². The molecule has 1 aliphatic carbocycles. The molecule has 2 aliphatic rings. The number of rotatable bonds is 5. The maximum Gasteiger partial charge on any atom is 0.318 e. The van der Waals surface area contributed by atoms with Gasteiger partial charge in [-0.15, -0.1) is 0 Å².